The number of hydrogen-bond donors (Lipinski definition) is 2. The van der Waals surface area contributed by atoms with Crippen LogP contribution in [0.25, 0.3) is 0 Å². The van der Waals surface area contributed by atoms with Crippen LogP contribution in [-0.4, -0.2) is 26.0 Å². The monoisotopic (exact) mass is 307 g/mol. The molecule has 16 heavy (non-hydrogen) atoms. The van der Waals surface area contributed by atoms with Gasteiger partial charge in [-0.15, -0.1) is 0 Å². The van der Waals surface area contributed by atoms with Crippen LogP contribution in [0.4, 0.5) is 0 Å². The maximum atomic E-state index is 11.7. The van der Waals surface area contributed by atoms with Crippen LogP contribution < -0.4 is 4.72 Å². The second-order valence-corrected chi connectivity index (χ2v) is 5.54. The molecule has 1 aromatic carbocycles. The number of nitrogens with one attached hydrogen (secondary N) is 1. The van der Waals surface area contributed by atoms with Gasteiger partial charge in [-0.1, -0.05) is 6.92 Å². The maximum Gasteiger partial charge on any atom is 0.335 e. The van der Waals surface area contributed by atoms with Crippen LogP contribution in [0.5, 0.6) is 0 Å². The Morgan fingerprint density at radius 3 is 2.62 bits per heavy atom. The number of sulfonamides is 1. The fourth-order valence-corrected chi connectivity index (χ4v) is 3.14. The number of carboxylic acid groups (broad SMARTS) is 1. The first-order valence-electron chi connectivity index (χ1n) is 4.41. The molecule has 2 N–H and O–H groups in total. The van der Waals surface area contributed by atoms with Gasteiger partial charge in [0.1, 0.15) is 0 Å². The lowest BCUT2D eigenvalue weighted by Crippen LogP contribution is -2.23. The molecule has 0 fully saturated rings. The largest absolute Gasteiger partial charge is 0.478 e. The molecule has 0 heterocycles. The van der Waals surface area contributed by atoms with Crippen molar-refractivity contribution < 1.29 is 18.3 Å². The van der Waals surface area contributed by atoms with Crippen molar-refractivity contribution in [3.05, 3.63) is 28.2 Å². The van der Waals surface area contributed by atoms with Crippen molar-refractivity contribution in [1.29, 1.82) is 0 Å². The Morgan fingerprint density at radius 1 is 1.50 bits per heavy atom. The van der Waals surface area contributed by atoms with E-state index in [9.17, 15) is 13.2 Å². The van der Waals surface area contributed by atoms with Crippen molar-refractivity contribution in [3.8, 4) is 0 Å². The van der Waals surface area contributed by atoms with E-state index in [2.05, 4.69) is 20.7 Å². The second-order valence-electron chi connectivity index (χ2n) is 2.95. The minimum absolute atomic E-state index is 0.0697. The Balaban J connectivity index is 3.33. The number of carbonyl (C=O) groups is 1. The van der Waals surface area contributed by atoms with E-state index in [0.717, 1.165) is 6.07 Å². The van der Waals surface area contributed by atoms with E-state index in [-0.39, 0.29) is 17.0 Å². The van der Waals surface area contributed by atoms with Crippen molar-refractivity contribution in [3.63, 3.8) is 0 Å². The lowest BCUT2D eigenvalue weighted by atomic mass is 10.2. The molecule has 0 amide bonds. The first kappa shape index (κ1) is 13.1. The Labute approximate surface area is 102 Å². The van der Waals surface area contributed by atoms with Gasteiger partial charge in [0.15, 0.2) is 0 Å². The van der Waals surface area contributed by atoms with Gasteiger partial charge in [-0.2, -0.15) is 0 Å². The Morgan fingerprint density at radius 2 is 2.12 bits per heavy atom. The van der Waals surface area contributed by atoms with Crippen molar-refractivity contribution >= 4 is 31.9 Å². The third-order valence-corrected chi connectivity index (χ3v) is 4.34. The molecule has 0 aromatic heterocycles. The molecule has 0 radical (unpaired) electrons. The number of benzene rings is 1. The number of aromatic carboxylic acids is 1. The van der Waals surface area contributed by atoms with Crippen LogP contribution in [0.3, 0.4) is 0 Å². The van der Waals surface area contributed by atoms with Gasteiger partial charge in [-0.05, 0) is 34.1 Å². The standard InChI is InChI=1S/C9H10BrNO4S/c1-2-11-16(14,15)8-5-6(9(12)13)3-4-7(8)10/h3-5,11H,2H2,1H3,(H,12,13). The summed E-state index contributed by atoms with van der Waals surface area (Å²) in [6, 6.07) is 3.84. The minimum atomic E-state index is -3.66. The average molecular weight is 308 g/mol. The van der Waals surface area contributed by atoms with Crippen molar-refractivity contribution in [2.75, 3.05) is 6.54 Å². The number of carboxylic acids is 1. The summed E-state index contributed by atoms with van der Waals surface area (Å²) in [6.45, 7) is 1.89. The van der Waals surface area contributed by atoms with Crippen LogP contribution in [-0.2, 0) is 10.0 Å². The molecule has 0 spiro atoms. The lowest BCUT2D eigenvalue weighted by Gasteiger charge is -2.07. The molecule has 1 rings (SSSR count). The second kappa shape index (κ2) is 4.94. The molecule has 5 nitrogen and oxygen atoms in total. The summed E-state index contributed by atoms with van der Waals surface area (Å²) in [5.74, 6) is -1.17. The summed E-state index contributed by atoms with van der Waals surface area (Å²) in [6.07, 6.45) is 0. The molecule has 88 valence electrons. The van der Waals surface area contributed by atoms with E-state index < -0.39 is 16.0 Å². The highest BCUT2D eigenvalue weighted by Gasteiger charge is 2.18. The summed E-state index contributed by atoms with van der Waals surface area (Å²) in [4.78, 5) is 10.6. The first-order chi connectivity index (χ1) is 7.38. The Hall–Kier alpha value is -0.920. The fourth-order valence-electron chi connectivity index (χ4n) is 1.11. The highest BCUT2D eigenvalue weighted by molar-refractivity contribution is 9.10. The van der Waals surface area contributed by atoms with E-state index in [4.69, 9.17) is 5.11 Å². The van der Waals surface area contributed by atoms with Crippen molar-refractivity contribution in [1.82, 2.24) is 4.72 Å². The van der Waals surface area contributed by atoms with Gasteiger partial charge >= 0.3 is 5.97 Å². The van der Waals surface area contributed by atoms with Crippen LogP contribution in [0.1, 0.15) is 17.3 Å². The van der Waals surface area contributed by atoms with Gasteiger partial charge in [-0.3, -0.25) is 0 Å². The molecule has 1 aromatic rings. The smallest absolute Gasteiger partial charge is 0.335 e. The first-order valence-corrected chi connectivity index (χ1v) is 6.68. The zero-order valence-electron chi connectivity index (χ0n) is 8.40. The lowest BCUT2D eigenvalue weighted by molar-refractivity contribution is 0.0696. The van der Waals surface area contributed by atoms with E-state index in [1.165, 1.54) is 12.1 Å². The van der Waals surface area contributed by atoms with Gasteiger partial charge in [0.25, 0.3) is 0 Å². The highest BCUT2D eigenvalue weighted by Crippen LogP contribution is 2.23. The van der Waals surface area contributed by atoms with Gasteiger partial charge in [-0.25, -0.2) is 17.9 Å². The topological polar surface area (TPSA) is 83.5 Å². The summed E-state index contributed by atoms with van der Waals surface area (Å²) < 4.78 is 26.0. The maximum absolute atomic E-state index is 11.7. The molecule has 0 unspecified atom stereocenters. The molecule has 0 aliphatic rings. The summed E-state index contributed by atoms with van der Waals surface area (Å²) >= 11 is 3.07. The number of hydrogen-bond acceptors (Lipinski definition) is 3. The predicted octanol–water partition coefficient (Wildman–Crippen LogP) is 1.45. The quantitative estimate of drug-likeness (QED) is 0.882. The van der Waals surface area contributed by atoms with Gasteiger partial charge < -0.3 is 5.11 Å². The summed E-state index contributed by atoms with van der Waals surface area (Å²) in [5, 5.41) is 8.77. The van der Waals surface area contributed by atoms with E-state index in [1.54, 1.807) is 6.92 Å². The average Bonchev–Trinajstić information content (AvgIpc) is 2.17. The summed E-state index contributed by atoms with van der Waals surface area (Å²) in [5.41, 5.74) is -0.0697. The normalized spacial score (nSPS) is 11.4. The van der Waals surface area contributed by atoms with Crippen LogP contribution >= 0.6 is 15.9 Å². The molecule has 0 atom stereocenters. The van der Waals surface area contributed by atoms with Gasteiger partial charge in [0.2, 0.25) is 10.0 Å². The van der Waals surface area contributed by atoms with Crippen LogP contribution in [0.15, 0.2) is 27.6 Å². The third-order valence-electron chi connectivity index (χ3n) is 1.80. The van der Waals surface area contributed by atoms with E-state index in [1.807, 2.05) is 0 Å². The Bertz CT molecular complexity index is 512. The number of halogens is 1. The predicted molar refractivity (Wildman–Crippen MR) is 62.0 cm³/mol. The molecule has 7 heteroatoms. The highest BCUT2D eigenvalue weighted by atomic mass is 79.9. The van der Waals surface area contributed by atoms with Crippen LogP contribution in [0, 0.1) is 0 Å². The van der Waals surface area contributed by atoms with Crippen LogP contribution in [0.2, 0.25) is 0 Å². The third kappa shape index (κ3) is 2.81. The molecule has 0 saturated heterocycles. The molecule has 0 saturated carbocycles. The van der Waals surface area contributed by atoms with Gasteiger partial charge in [0, 0.05) is 11.0 Å². The van der Waals surface area contributed by atoms with Crippen molar-refractivity contribution in [2.24, 2.45) is 0 Å². The van der Waals surface area contributed by atoms with Crippen molar-refractivity contribution in [2.45, 2.75) is 11.8 Å². The SMILES string of the molecule is CCNS(=O)(=O)c1cc(C(=O)O)ccc1Br. The zero-order chi connectivity index (χ0) is 12.3. The Kier molecular flexibility index (Phi) is 4.06. The minimum Gasteiger partial charge on any atom is -0.478 e. The van der Waals surface area contributed by atoms with Gasteiger partial charge in [0.05, 0.1) is 10.5 Å². The summed E-state index contributed by atoms with van der Waals surface area (Å²) in [7, 11) is -3.66. The zero-order valence-corrected chi connectivity index (χ0v) is 10.8. The molecular weight excluding hydrogens is 298 g/mol. The number of rotatable bonds is 4. The molecule has 0 bridgehead atoms. The molecular formula is C9H10BrNO4S. The van der Waals surface area contributed by atoms with E-state index in [0.29, 0.717) is 4.47 Å². The molecule has 0 aliphatic heterocycles. The van der Waals surface area contributed by atoms with E-state index >= 15 is 0 Å². The fraction of sp³-hybridized carbons (Fsp3) is 0.222. The molecule has 0 aliphatic carbocycles.